The molecule has 0 aromatic heterocycles. The monoisotopic (exact) mass is 302 g/mol. The number of hydroxylamine groups is 2. The maximum atomic E-state index is 11.4. The highest BCUT2D eigenvalue weighted by atomic mass is 16.7. The van der Waals surface area contributed by atoms with Gasteiger partial charge in [-0.15, -0.1) is 5.06 Å². The van der Waals surface area contributed by atoms with Gasteiger partial charge in [-0.3, -0.25) is 9.59 Å². The Bertz CT molecular complexity index is 394. The summed E-state index contributed by atoms with van der Waals surface area (Å²) in [6.07, 6.45) is -0.225. The van der Waals surface area contributed by atoms with Crippen molar-refractivity contribution in [3.05, 3.63) is 0 Å². The summed E-state index contributed by atoms with van der Waals surface area (Å²) in [6, 6.07) is 0. The number of ether oxygens (including phenoxy) is 2. The lowest BCUT2D eigenvalue weighted by molar-refractivity contribution is -0.197. The van der Waals surface area contributed by atoms with Gasteiger partial charge in [0.05, 0.1) is 6.61 Å². The van der Waals surface area contributed by atoms with Gasteiger partial charge in [-0.05, 0) is 6.42 Å². The normalized spacial score (nSPS) is 14.2. The van der Waals surface area contributed by atoms with Gasteiger partial charge in [0.25, 0.3) is 11.8 Å². The van der Waals surface area contributed by atoms with E-state index in [1.807, 2.05) is 0 Å². The quantitative estimate of drug-likeness (QED) is 0.486. The zero-order valence-electron chi connectivity index (χ0n) is 11.8. The highest BCUT2D eigenvalue weighted by Crippen LogP contribution is 2.12. The van der Waals surface area contributed by atoms with Crippen molar-refractivity contribution in [2.45, 2.75) is 25.7 Å². The summed E-state index contributed by atoms with van der Waals surface area (Å²) in [5, 5.41) is 2.93. The highest BCUT2D eigenvalue weighted by Gasteiger charge is 2.32. The van der Waals surface area contributed by atoms with Gasteiger partial charge in [0.2, 0.25) is 0 Å². The minimum Gasteiger partial charge on any atom is -0.447 e. The molecule has 1 saturated heterocycles. The Labute approximate surface area is 121 Å². The lowest BCUT2D eigenvalue weighted by atomic mass is 10.3. The van der Waals surface area contributed by atoms with Gasteiger partial charge in [-0.1, -0.05) is 0 Å². The Morgan fingerprint density at radius 2 is 1.86 bits per heavy atom. The van der Waals surface area contributed by atoms with Crippen LogP contribution < -0.4 is 5.32 Å². The molecule has 9 heteroatoms. The standard InChI is InChI=1S/C12H18N2O7/c1-19-7-8-20-12(18)13-6-2-3-11(17)21-14-9(15)4-5-10(14)16/h2-8H2,1H3,(H,13,18). The predicted molar refractivity (Wildman–Crippen MR) is 67.6 cm³/mol. The fourth-order valence-corrected chi connectivity index (χ4v) is 1.50. The zero-order chi connectivity index (χ0) is 15.7. The van der Waals surface area contributed by atoms with E-state index in [1.54, 1.807) is 0 Å². The second-order valence-electron chi connectivity index (χ2n) is 4.20. The topological polar surface area (TPSA) is 111 Å². The maximum Gasteiger partial charge on any atom is 0.407 e. The summed E-state index contributed by atoms with van der Waals surface area (Å²) in [7, 11) is 1.49. The molecule has 9 nitrogen and oxygen atoms in total. The van der Waals surface area contributed by atoms with Crippen LogP contribution in [-0.2, 0) is 28.7 Å². The molecule has 1 N–H and O–H groups in total. The first-order valence-electron chi connectivity index (χ1n) is 6.50. The summed E-state index contributed by atoms with van der Waals surface area (Å²) >= 11 is 0. The van der Waals surface area contributed by atoms with Crippen LogP contribution in [0.3, 0.4) is 0 Å². The van der Waals surface area contributed by atoms with Gasteiger partial charge in [0, 0.05) is 32.9 Å². The fraction of sp³-hybridized carbons (Fsp3) is 0.667. The van der Waals surface area contributed by atoms with Gasteiger partial charge in [-0.25, -0.2) is 9.59 Å². The summed E-state index contributed by atoms with van der Waals surface area (Å²) in [5.74, 6) is -1.74. The molecule has 0 aromatic carbocycles. The zero-order valence-corrected chi connectivity index (χ0v) is 11.8. The SMILES string of the molecule is COCCOC(=O)NCCCC(=O)ON1C(=O)CCC1=O. The Morgan fingerprint density at radius 1 is 1.19 bits per heavy atom. The minimum atomic E-state index is -0.701. The van der Waals surface area contributed by atoms with Gasteiger partial charge in [0.1, 0.15) is 6.61 Å². The van der Waals surface area contributed by atoms with Crippen molar-refractivity contribution in [3.63, 3.8) is 0 Å². The molecule has 0 spiro atoms. The number of methoxy groups -OCH3 is 1. The van der Waals surface area contributed by atoms with Crippen LogP contribution in [0.2, 0.25) is 0 Å². The Morgan fingerprint density at radius 3 is 2.48 bits per heavy atom. The molecule has 0 saturated carbocycles. The van der Waals surface area contributed by atoms with Crippen molar-refractivity contribution in [1.82, 2.24) is 10.4 Å². The van der Waals surface area contributed by atoms with E-state index in [2.05, 4.69) is 10.2 Å². The van der Waals surface area contributed by atoms with Crippen molar-refractivity contribution in [1.29, 1.82) is 0 Å². The second-order valence-corrected chi connectivity index (χ2v) is 4.20. The number of nitrogens with one attached hydrogen (secondary N) is 1. The summed E-state index contributed by atoms with van der Waals surface area (Å²) in [5.41, 5.74) is 0. The molecule has 0 radical (unpaired) electrons. The molecule has 1 heterocycles. The number of rotatable bonds is 8. The van der Waals surface area contributed by atoms with Crippen LogP contribution in [0.4, 0.5) is 4.79 Å². The lowest BCUT2D eigenvalue weighted by Gasteiger charge is -2.12. The number of hydrogen-bond donors (Lipinski definition) is 1. The first kappa shape index (κ1) is 16.9. The van der Waals surface area contributed by atoms with Crippen LogP contribution in [-0.4, -0.2) is 55.8 Å². The Balaban J connectivity index is 2.09. The fourth-order valence-electron chi connectivity index (χ4n) is 1.50. The summed E-state index contributed by atoms with van der Waals surface area (Å²) in [6.45, 7) is 0.657. The van der Waals surface area contributed by atoms with Crippen LogP contribution in [0, 0.1) is 0 Å². The third-order valence-electron chi connectivity index (χ3n) is 2.55. The molecule has 21 heavy (non-hydrogen) atoms. The number of imide groups is 1. The number of carbonyl (C=O) groups excluding carboxylic acids is 4. The predicted octanol–water partition coefficient (Wildman–Crippen LogP) is -0.254. The molecule has 0 aliphatic carbocycles. The molecule has 0 aromatic rings. The largest absolute Gasteiger partial charge is 0.447 e. The third kappa shape index (κ3) is 6.21. The average Bonchev–Trinajstić information content (AvgIpc) is 2.76. The number of amides is 3. The Hall–Kier alpha value is -2.16. The molecule has 0 atom stereocenters. The second kappa shape index (κ2) is 8.90. The van der Waals surface area contributed by atoms with E-state index in [1.165, 1.54) is 7.11 Å². The number of hydrogen-bond acceptors (Lipinski definition) is 7. The molecule has 1 rings (SSSR count). The van der Waals surface area contributed by atoms with Crippen molar-refractivity contribution < 1.29 is 33.5 Å². The van der Waals surface area contributed by atoms with Crippen LogP contribution in [0.5, 0.6) is 0 Å². The van der Waals surface area contributed by atoms with Gasteiger partial charge in [0.15, 0.2) is 0 Å². The molecular weight excluding hydrogens is 284 g/mol. The molecular formula is C12H18N2O7. The highest BCUT2D eigenvalue weighted by molar-refractivity contribution is 6.01. The molecule has 1 aliphatic rings. The molecule has 0 unspecified atom stereocenters. The van der Waals surface area contributed by atoms with Gasteiger partial charge < -0.3 is 19.6 Å². The van der Waals surface area contributed by atoms with Crippen LogP contribution >= 0.6 is 0 Å². The lowest BCUT2D eigenvalue weighted by Crippen LogP contribution is -2.32. The van der Waals surface area contributed by atoms with E-state index < -0.39 is 23.9 Å². The van der Waals surface area contributed by atoms with Gasteiger partial charge in [-0.2, -0.15) is 0 Å². The van der Waals surface area contributed by atoms with E-state index in [9.17, 15) is 19.2 Å². The van der Waals surface area contributed by atoms with Crippen LogP contribution in [0.25, 0.3) is 0 Å². The van der Waals surface area contributed by atoms with E-state index in [-0.39, 0.29) is 32.4 Å². The summed E-state index contributed by atoms with van der Waals surface area (Å²) in [4.78, 5) is 49.6. The van der Waals surface area contributed by atoms with Crippen molar-refractivity contribution in [2.75, 3.05) is 26.9 Å². The van der Waals surface area contributed by atoms with E-state index in [4.69, 9.17) is 9.47 Å². The average molecular weight is 302 g/mol. The molecule has 1 fully saturated rings. The van der Waals surface area contributed by atoms with Crippen LogP contribution in [0.15, 0.2) is 0 Å². The van der Waals surface area contributed by atoms with Gasteiger partial charge >= 0.3 is 12.1 Å². The minimum absolute atomic E-state index is 0.0323. The molecule has 3 amide bonds. The smallest absolute Gasteiger partial charge is 0.407 e. The number of nitrogens with zero attached hydrogens (tertiary/aromatic N) is 1. The summed E-state index contributed by atoms with van der Waals surface area (Å²) < 4.78 is 9.44. The first-order chi connectivity index (χ1) is 10.0. The molecule has 0 bridgehead atoms. The molecule has 118 valence electrons. The first-order valence-corrected chi connectivity index (χ1v) is 6.50. The number of carbonyl (C=O) groups is 4. The third-order valence-corrected chi connectivity index (χ3v) is 2.55. The van der Waals surface area contributed by atoms with Crippen LogP contribution in [0.1, 0.15) is 25.7 Å². The number of alkyl carbamates (subject to hydrolysis) is 1. The Kier molecular flexibility index (Phi) is 7.16. The van der Waals surface area contributed by atoms with E-state index in [0.29, 0.717) is 18.1 Å². The van der Waals surface area contributed by atoms with Crippen molar-refractivity contribution in [2.24, 2.45) is 0 Å². The van der Waals surface area contributed by atoms with Crippen molar-refractivity contribution in [3.8, 4) is 0 Å². The maximum absolute atomic E-state index is 11.4. The van der Waals surface area contributed by atoms with E-state index >= 15 is 0 Å². The van der Waals surface area contributed by atoms with E-state index in [0.717, 1.165) is 0 Å². The van der Waals surface area contributed by atoms with Crippen molar-refractivity contribution >= 4 is 23.9 Å². The molecule has 1 aliphatic heterocycles.